The van der Waals surface area contributed by atoms with Crippen LogP contribution < -0.4 is 10.5 Å². The molecule has 0 saturated carbocycles. The molecule has 0 aliphatic carbocycles. The van der Waals surface area contributed by atoms with Crippen molar-refractivity contribution < 1.29 is 17.9 Å². The minimum absolute atomic E-state index is 0.174. The van der Waals surface area contributed by atoms with E-state index < -0.39 is 12.8 Å². The van der Waals surface area contributed by atoms with Crippen molar-refractivity contribution in [2.45, 2.75) is 23.6 Å². The summed E-state index contributed by atoms with van der Waals surface area (Å²) in [5.41, 5.74) is 6.51. The number of nitrogen functional groups attached to an aromatic ring is 1. The van der Waals surface area contributed by atoms with Gasteiger partial charge in [-0.25, -0.2) is 0 Å². The van der Waals surface area contributed by atoms with Crippen LogP contribution in [0.5, 0.6) is 5.75 Å². The SMILES string of the molecule is C=CCn1c(N)nnc1SCc1cccc(OCC(F)(F)F)c1. The maximum atomic E-state index is 12.2. The Morgan fingerprint density at radius 1 is 1.35 bits per heavy atom. The van der Waals surface area contributed by atoms with Gasteiger partial charge in [0.05, 0.1) is 0 Å². The molecule has 0 aliphatic heterocycles. The lowest BCUT2D eigenvalue weighted by molar-refractivity contribution is -0.153. The van der Waals surface area contributed by atoms with E-state index in [9.17, 15) is 13.2 Å². The number of rotatable bonds is 7. The number of aromatic nitrogens is 3. The highest BCUT2D eigenvalue weighted by Gasteiger charge is 2.28. The molecule has 0 amide bonds. The van der Waals surface area contributed by atoms with Gasteiger partial charge in [-0.15, -0.1) is 16.8 Å². The van der Waals surface area contributed by atoms with Crippen LogP contribution in [0.2, 0.25) is 0 Å². The van der Waals surface area contributed by atoms with Gasteiger partial charge in [0.25, 0.3) is 0 Å². The van der Waals surface area contributed by atoms with E-state index in [0.29, 0.717) is 17.5 Å². The first kappa shape index (κ1) is 17.2. The molecule has 23 heavy (non-hydrogen) atoms. The summed E-state index contributed by atoms with van der Waals surface area (Å²) in [7, 11) is 0. The Bertz CT molecular complexity index is 672. The summed E-state index contributed by atoms with van der Waals surface area (Å²) in [6.45, 7) is 2.81. The largest absolute Gasteiger partial charge is 0.484 e. The Balaban J connectivity index is 2.00. The summed E-state index contributed by atoms with van der Waals surface area (Å²) >= 11 is 1.38. The van der Waals surface area contributed by atoms with Crippen molar-refractivity contribution >= 4 is 17.7 Å². The minimum atomic E-state index is -4.36. The molecule has 2 rings (SSSR count). The highest BCUT2D eigenvalue weighted by atomic mass is 32.2. The normalized spacial score (nSPS) is 11.4. The Morgan fingerprint density at radius 2 is 2.13 bits per heavy atom. The van der Waals surface area contributed by atoms with Crippen LogP contribution in [0.15, 0.2) is 42.1 Å². The van der Waals surface area contributed by atoms with Crippen molar-refractivity contribution in [2.75, 3.05) is 12.3 Å². The van der Waals surface area contributed by atoms with Crippen LogP contribution in [0, 0.1) is 0 Å². The summed E-state index contributed by atoms with van der Waals surface area (Å²) in [6.07, 6.45) is -2.68. The standard InChI is InChI=1S/C14H15F3N4OS/c1-2-6-21-12(18)19-20-13(21)23-8-10-4-3-5-11(7-10)22-9-14(15,16)17/h2-5,7H,1,6,8-9H2,(H2,18,19). The molecule has 1 aromatic heterocycles. The number of ether oxygens (including phenoxy) is 1. The zero-order chi connectivity index (χ0) is 16.9. The summed E-state index contributed by atoms with van der Waals surface area (Å²) in [5, 5.41) is 8.37. The lowest BCUT2D eigenvalue weighted by Crippen LogP contribution is -2.19. The van der Waals surface area contributed by atoms with Crippen LogP contribution in [0.1, 0.15) is 5.56 Å². The molecular formula is C14H15F3N4OS. The molecular weight excluding hydrogens is 329 g/mol. The minimum Gasteiger partial charge on any atom is -0.484 e. The van der Waals surface area contributed by atoms with Crippen LogP contribution in [0.25, 0.3) is 0 Å². The topological polar surface area (TPSA) is 66.0 Å². The molecule has 9 heteroatoms. The average molecular weight is 344 g/mol. The molecule has 0 radical (unpaired) electrons. The molecule has 1 aromatic carbocycles. The number of anilines is 1. The van der Waals surface area contributed by atoms with E-state index in [1.54, 1.807) is 28.8 Å². The molecule has 0 aliphatic rings. The van der Waals surface area contributed by atoms with Gasteiger partial charge in [0.2, 0.25) is 5.95 Å². The van der Waals surface area contributed by atoms with Crippen molar-refractivity contribution in [3.8, 4) is 5.75 Å². The lowest BCUT2D eigenvalue weighted by atomic mass is 10.2. The zero-order valence-corrected chi connectivity index (χ0v) is 12.9. The van der Waals surface area contributed by atoms with Gasteiger partial charge in [0, 0.05) is 12.3 Å². The number of nitrogens with zero attached hydrogens (tertiary/aromatic N) is 3. The number of allylic oxidation sites excluding steroid dienone is 1. The van der Waals surface area contributed by atoms with Gasteiger partial charge in [0.15, 0.2) is 11.8 Å². The van der Waals surface area contributed by atoms with E-state index in [2.05, 4.69) is 16.8 Å². The molecule has 5 nitrogen and oxygen atoms in total. The van der Waals surface area contributed by atoms with Crippen molar-refractivity contribution in [3.05, 3.63) is 42.5 Å². The number of halogens is 3. The Labute approximate surface area is 135 Å². The van der Waals surface area contributed by atoms with Gasteiger partial charge in [-0.05, 0) is 17.7 Å². The number of alkyl halides is 3. The molecule has 0 bridgehead atoms. The molecule has 0 saturated heterocycles. The number of thioether (sulfide) groups is 1. The van der Waals surface area contributed by atoms with E-state index in [-0.39, 0.29) is 11.7 Å². The van der Waals surface area contributed by atoms with Crippen LogP contribution in [0.4, 0.5) is 19.1 Å². The highest BCUT2D eigenvalue weighted by molar-refractivity contribution is 7.98. The summed E-state index contributed by atoms with van der Waals surface area (Å²) in [4.78, 5) is 0. The van der Waals surface area contributed by atoms with Crippen LogP contribution >= 0.6 is 11.8 Å². The molecule has 0 unspecified atom stereocenters. The zero-order valence-electron chi connectivity index (χ0n) is 12.1. The molecule has 1 heterocycles. The second-order valence-electron chi connectivity index (χ2n) is 4.58. The third-order valence-corrected chi connectivity index (χ3v) is 3.76. The molecule has 0 atom stereocenters. The maximum absolute atomic E-state index is 12.2. The van der Waals surface area contributed by atoms with Crippen LogP contribution in [-0.4, -0.2) is 27.5 Å². The third-order valence-electron chi connectivity index (χ3n) is 2.73. The van der Waals surface area contributed by atoms with Gasteiger partial charge in [-0.2, -0.15) is 13.2 Å². The van der Waals surface area contributed by atoms with Crippen LogP contribution in [0.3, 0.4) is 0 Å². The number of benzene rings is 1. The van der Waals surface area contributed by atoms with E-state index in [1.807, 2.05) is 0 Å². The third kappa shape index (κ3) is 5.20. The highest BCUT2D eigenvalue weighted by Crippen LogP contribution is 2.25. The fourth-order valence-electron chi connectivity index (χ4n) is 1.75. The van der Waals surface area contributed by atoms with Gasteiger partial charge in [0.1, 0.15) is 5.75 Å². The van der Waals surface area contributed by atoms with Gasteiger partial charge in [-0.3, -0.25) is 4.57 Å². The first-order valence-electron chi connectivity index (χ1n) is 6.60. The molecule has 2 aromatic rings. The summed E-state index contributed by atoms with van der Waals surface area (Å²) in [6, 6.07) is 6.49. The Hall–Kier alpha value is -2.16. The first-order valence-corrected chi connectivity index (χ1v) is 7.58. The quantitative estimate of drug-likeness (QED) is 0.617. The van der Waals surface area contributed by atoms with E-state index in [4.69, 9.17) is 10.5 Å². The molecule has 0 spiro atoms. The summed E-state index contributed by atoms with van der Waals surface area (Å²) in [5.74, 6) is 0.959. The number of hydrogen-bond acceptors (Lipinski definition) is 5. The fourth-order valence-corrected chi connectivity index (χ4v) is 2.64. The first-order chi connectivity index (χ1) is 10.9. The van der Waals surface area contributed by atoms with Gasteiger partial charge >= 0.3 is 6.18 Å². The Kier molecular flexibility index (Phi) is 5.54. The smallest absolute Gasteiger partial charge is 0.422 e. The van der Waals surface area contributed by atoms with E-state index in [0.717, 1.165) is 5.56 Å². The van der Waals surface area contributed by atoms with Crippen LogP contribution in [-0.2, 0) is 12.3 Å². The van der Waals surface area contributed by atoms with Crippen molar-refractivity contribution in [1.29, 1.82) is 0 Å². The number of hydrogen-bond donors (Lipinski definition) is 1. The maximum Gasteiger partial charge on any atom is 0.422 e. The van der Waals surface area contributed by atoms with Crippen molar-refractivity contribution in [3.63, 3.8) is 0 Å². The second kappa shape index (κ2) is 7.40. The molecule has 0 fully saturated rings. The monoisotopic (exact) mass is 344 g/mol. The van der Waals surface area contributed by atoms with Crippen molar-refractivity contribution in [1.82, 2.24) is 14.8 Å². The Morgan fingerprint density at radius 3 is 2.83 bits per heavy atom. The van der Waals surface area contributed by atoms with Gasteiger partial charge < -0.3 is 10.5 Å². The molecule has 124 valence electrons. The van der Waals surface area contributed by atoms with Crippen molar-refractivity contribution in [2.24, 2.45) is 0 Å². The predicted octanol–water partition coefficient (Wildman–Crippen LogP) is 3.28. The molecule has 2 N–H and O–H groups in total. The van der Waals surface area contributed by atoms with E-state index in [1.165, 1.54) is 17.8 Å². The predicted molar refractivity (Wildman–Crippen MR) is 82.2 cm³/mol. The lowest BCUT2D eigenvalue weighted by Gasteiger charge is -2.10. The average Bonchev–Trinajstić information content (AvgIpc) is 2.84. The van der Waals surface area contributed by atoms with Gasteiger partial charge in [-0.1, -0.05) is 30.0 Å². The number of nitrogens with two attached hydrogens (primary N) is 1. The second-order valence-corrected chi connectivity index (χ2v) is 5.52. The van der Waals surface area contributed by atoms with E-state index >= 15 is 0 Å². The summed E-state index contributed by atoms with van der Waals surface area (Å²) < 4.78 is 42.9. The fraction of sp³-hybridized carbons (Fsp3) is 0.286.